The molecule has 0 amide bonds. The van der Waals surface area contributed by atoms with E-state index in [0.717, 1.165) is 5.56 Å². The van der Waals surface area contributed by atoms with Crippen molar-refractivity contribution in [1.82, 2.24) is 0 Å². The number of rotatable bonds is 4. The Labute approximate surface area is 79.8 Å². The molecule has 1 atom stereocenters. The van der Waals surface area contributed by atoms with Gasteiger partial charge in [0.2, 0.25) is 0 Å². The Morgan fingerprint density at radius 2 is 2.00 bits per heavy atom. The monoisotopic (exact) mass is 175 g/mol. The predicted molar refractivity (Wildman–Crippen MR) is 54.3 cm³/mol. The molecule has 0 N–H and O–H groups in total. The number of benzene rings is 1. The van der Waals surface area contributed by atoms with Crippen LogP contribution >= 0.6 is 0 Å². The van der Waals surface area contributed by atoms with Crippen molar-refractivity contribution >= 4 is 5.78 Å². The minimum Gasteiger partial charge on any atom is -0.299 e. The van der Waals surface area contributed by atoms with Gasteiger partial charge in [0.25, 0.3) is 0 Å². The second-order valence-corrected chi connectivity index (χ2v) is 3.51. The number of hydrogen-bond donors (Lipinski definition) is 0. The lowest BCUT2D eigenvalue weighted by molar-refractivity contribution is -0.118. The van der Waals surface area contributed by atoms with Crippen LogP contribution in [-0.4, -0.2) is 5.78 Å². The summed E-state index contributed by atoms with van der Waals surface area (Å²) in [6.07, 6.45) is 1.12. The predicted octanol–water partition coefficient (Wildman–Crippen LogP) is 2.66. The van der Waals surface area contributed by atoms with Gasteiger partial charge in [-0.3, -0.25) is 4.79 Å². The largest absolute Gasteiger partial charge is 0.299 e. The summed E-state index contributed by atoms with van der Waals surface area (Å²) in [4.78, 5) is 11.4. The van der Waals surface area contributed by atoms with Gasteiger partial charge in [-0.15, -0.1) is 0 Å². The average molecular weight is 175 g/mol. The van der Waals surface area contributed by atoms with Crippen molar-refractivity contribution in [3.8, 4) is 0 Å². The zero-order valence-corrected chi connectivity index (χ0v) is 7.99. The molecule has 0 spiro atoms. The van der Waals surface area contributed by atoms with Crippen molar-refractivity contribution in [1.29, 1.82) is 0 Å². The lowest BCUT2D eigenvalue weighted by atomic mass is 10.0. The fourth-order valence-electron chi connectivity index (χ4n) is 1.28. The van der Waals surface area contributed by atoms with Crippen molar-refractivity contribution in [3.05, 3.63) is 42.8 Å². The van der Waals surface area contributed by atoms with Crippen molar-refractivity contribution in [2.45, 2.75) is 19.8 Å². The molecule has 0 aromatic heterocycles. The van der Waals surface area contributed by atoms with Crippen LogP contribution in [0.25, 0.3) is 0 Å². The van der Waals surface area contributed by atoms with Gasteiger partial charge in [0, 0.05) is 12.8 Å². The third-order valence-electron chi connectivity index (χ3n) is 1.82. The molecule has 1 nitrogen and oxygen atoms in total. The molecule has 0 fully saturated rings. The van der Waals surface area contributed by atoms with Crippen LogP contribution in [0, 0.1) is 12.8 Å². The minimum atomic E-state index is 0.219. The Hall–Kier alpha value is -1.11. The molecule has 1 aromatic carbocycles. The quantitative estimate of drug-likeness (QED) is 0.687. The molecule has 0 bridgehead atoms. The first-order valence-electron chi connectivity index (χ1n) is 4.57. The molecule has 1 aromatic rings. The highest BCUT2D eigenvalue weighted by Gasteiger charge is 2.05. The van der Waals surface area contributed by atoms with E-state index < -0.39 is 0 Å². The Kier molecular flexibility index (Phi) is 3.69. The van der Waals surface area contributed by atoms with Crippen molar-refractivity contribution in [2.75, 3.05) is 0 Å². The van der Waals surface area contributed by atoms with Crippen LogP contribution in [0.2, 0.25) is 0 Å². The summed E-state index contributed by atoms with van der Waals surface area (Å²) in [5.74, 6) is 0.491. The Morgan fingerprint density at radius 1 is 1.38 bits per heavy atom. The van der Waals surface area contributed by atoms with E-state index in [0.29, 0.717) is 12.8 Å². The molecule has 1 unspecified atom stereocenters. The van der Waals surface area contributed by atoms with E-state index >= 15 is 0 Å². The maximum absolute atomic E-state index is 11.4. The van der Waals surface area contributed by atoms with Crippen LogP contribution in [0.5, 0.6) is 0 Å². The summed E-state index contributed by atoms with van der Waals surface area (Å²) in [6.45, 7) is 5.76. The number of Topliss-reactive ketones (excluding diaryl/α,β-unsaturated/α-hetero) is 1. The second kappa shape index (κ2) is 4.80. The van der Waals surface area contributed by atoms with E-state index in [2.05, 4.69) is 6.92 Å². The molecular weight excluding hydrogens is 160 g/mol. The molecule has 0 aliphatic rings. The summed E-state index contributed by atoms with van der Waals surface area (Å²) >= 11 is 0. The highest BCUT2D eigenvalue weighted by atomic mass is 16.1. The third-order valence-corrected chi connectivity index (χ3v) is 1.82. The topological polar surface area (TPSA) is 17.1 Å². The summed E-state index contributed by atoms with van der Waals surface area (Å²) in [6, 6.07) is 9.82. The molecule has 0 aliphatic heterocycles. The Morgan fingerprint density at radius 3 is 2.54 bits per heavy atom. The van der Waals surface area contributed by atoms with Crippen LogP contribution in [0.4, 0.5) is 0 Å². The highest BCUT2D eigenvalue weighted by molar-refractivity contribution is 5.81. The van der Waals surface area contributed by atoms with Crippen LogP contribution < -0.4 is 0 Å². The summed E-state index contributed by atoms with van der Waals surface area (Å²) < 4.78 is 0. The van der Waals surface area contributed by atoms with Gasteiger partial charge in [-0.05, 0) is 11.5 Å². The molecule has 0 saturated heterocycles. The van der Waals surface area contributed by atoms with Crippen molar-refractivity contribution in [3.63, 3.8) is 0 Å². The Bertz CT molecular complexity index is 262. The van der Waals surface area contributed by atoms with Crippen molar-refractivity contribution < 1.29 is 4.79 Å². The number of carbonyl (C=O) groups is 1. The number of carbonyl (C=O) groups excluding carboxylic acids is 1. The molecule has 69 valence electrons. The van der Waals surface area contributed by atoms with Crippen LogP contribution in [-0.2, 0) is 11.2 Å². The average Bonchev–Trinajstić information content (AvgIpc) is 2.04. The van der Waals surface area contributed by atoms with Gasteiger partial charge >= 0.3 is 0 Å². The maximum atomic E-state index is 11.4. The van der Waals surface area contributed by atoms with Gasteiger partial charge in [0.15, 0.2) is 0 Å². The fraction of sp³-hybridized carbons (Fsp3) is 0.333. The van der Waals surface area contributed by atoms with Gasteiger partial charge in [-0.2, -0.15) is 0 Å². The molecule has 1 heteroatoms. The SMILES string of the molecule is [CH2]C(C)CC(=O)Cc1ccccc1. The molecular formula is C12H15O. The third kappa shape index (κ3) is 3.88. The molecule has 1 rings (SSSR count). The Balaban J connectivity index is 2.46. The van der Waals surface area contributed by atoms with Gasteiger partial charge < -0.3 is 0 Å². The molecule has 13 heavy (non-hydrogen) atoms. The lowest BCUT2D eigenvalue weighted by Gasteiger charge is -2.03. The zero-order chi connectivity index (χ0) is 9.68. The van der Waals surface area contributed by atoms with E-state index in [4.69, 9.17) is 0 Å². The van der Waals surface area contributed by atoms with E-state index in [1.165, 1.54) is 0 Å². The second-order valence-electron chi connectivity index (χ2n) is 3.51. The van der Waals surface area contributed by atoms with E-state index in [9.17, 15) is 4.79 Å². The first-order chi connectivity index (χ1) is 6.18. The van der Waals surface area contributed by atoms with Gasteiger partial charge in [-0.1, -0.05) is 44.2 Å². The normalized spacial score (nSPS) is 10.4. The minimum absolute atomic E-state index is 0.219. The van der Waals surface area contributed by atoms with Gasteiger partial charge in [0.05, 0.1) is 0 Å². The summed E-state index contributed by atoms with van der Waals surface area (Å²) in [5, 5.41) is 0. The number of hydrogen-bond acceptors (Lipinski definition) is 1. The first kappa shape index (κ1) is 9.97. The first-order valence-corrected chi connectivity index (χ1v) is 4.57. The summed E-state index contributed by atoms with van der Waals surface area (Å²) in [5.41, 5.74) is 1.09. The summed E-state index contributed by atoms with van der Waals surface area (Å²) in [7, 11) is 0. The van der Waals surface area contributed by atoms with Gasteiger partial charge in [-0.25, -0.2) is 0 Å². The molecule has 0 saturated carbocycles. The standard InChI is InChI=1S/C12H15O/c1-10(2)8-12(13)9-11-6-4-3-5-7-11/h3-7,10H,1,8-9H2,2H3. The van der Waals surface area contributed by atoms with E-state index in [1.54, 1.807) is 0 Å². The molecule has 0 heterocycles. The van der Waals surface area contributed by atoms with E-state index in [1.807, 2.05) is 37.3 Å². The zero-order valence-electron chi connectivity index (χ0n) is 7.99. The lowest BCUT2D eigenvalue weighted by Crippen LogP contribution is -2.06. The van der Waals surface area contributed by atoms with Crippen LogP contribution in [0.3, 0.4) is 0 Å². The van der Waals surface area contributed by atoms with Crippen LogP contribution in [0.15, 0.2) is 30.3 Å². The highest BCUT2D eigenvalue weighted by Crippen LogP contribution is 2.06. The van der Waals surface area contributed by atoms with Crippen molar-refractivity contribution in [2.24, 2.45) is 5.92 Å². The molecule has 0 aliphatic carbocycles. The fourth-order valence-corrected chi connectivity index (χ4v) is 1.28. The molecule has 1 radical (unpaired) electrons. The van der Waals surface area contributed by atoms with Gasteiger partial charge in [0.1, 0.15) is 5.78 Å². The smallest absolute Gasteiger partial charge is 0.137 e. The van der Waals surface area contributed by atoms with Crippen LogP contribution in [0.1, 0.15) is 18.9 Å². The maximum Gasteiger partial charge on any atom is 0.137 e. The van der Waals surface area contributed by atoms with E-state index in [-0.39, 0.29) is 11.7 Å². The number of ketones is 1.